The Hall–Kier alpha value is -4.14. The van der Waals surface area contributed by atoms with Gasteiger partial charge in [-0.05, 0) is 72.1 Å². The first-order valence-corrected chi connectivity index (χ1v) is 13.2. The van der Waals surface area contributed by atoms with Gasteiger partial charge < -0.3 is 10.0 Å². The lowest BCUT2D eigenvalue weighted by Crippen LogP contribution is -2.37. The molecule has 0 saturated heterocycles. The summed E-state index contributed by atoms with van der Waals surface area (Å²) in [5, 5.41) is 18.7. The molecule has 194 valence electrons. The third kappa shape index (κ3) is 4.53. The first-order valence-electron chi connectivity index (χ1n) is 13.2. The van der Waals surface area contributed by atoms with Gasteiger partial charge in [0.25, 0.3) is 5.91 Å². The van der Waals surface area contributed by atoms with E-state index in [0.29, 0.717) is 13.1 Å². The van der Waals surface area contributed by atoms with Crippen molar-refractivity contribution in [2.24, 2.45) is 0 Å². The number of benzene rings is 2. The van der Waals surface area contributed by atoms with E-state index in [2.05, 4.69) is 32.4 Å². The predicted molar refractivity (Wildman–Crippen MR) is 141 cm³/mol. The molecule has 9 bridgehead atoms. The number of carbonyl (C=O) groups is 2. The predicted octanol–water partition coefficient (Wildman–Crippen LogP) is 4.06. The fourth-order valence-electron chi connectivity index (χ4n) is 5.78. The topological polar surface area (TPSA) is 114 Å². The maximum atomic E-state index is 13.2. The van der Waals surface area contributed by atoms with E-state index in [4.69, 9.17) is 0 Å². The Kier molecular flexibility index (Phi) is 6.35. The highest BCUT2D eigenvalue weighted by Gasteiger charge is 2.27. The first kappa shape index (κ1) is 24.2. The molecule has 5 aliphatic heterocycles. The van der Waals surface area contributed by atoms with E-state index in [-0.39, 0.29) is 24.1 Å². The Morgan fingerprint density at radius 3 is 2.68 bits per heavy atom. The Morgan fingerprint density at radius 2 is 1.87 bits per heavy atom. The molecule has 9 heteroatoms. The number of rotatable bonds is 2. The molecule has 0 fully saturated rings. The van der Waals surface area contributed by atoms with Crippen molar-refractivity contribution >= 4 is 22.9 Å². The second-order valence-electron chi connectivity index (χ2n) is 10.3. The lowest BCUT2D eigenvalue weighted by atomic mass is 9.83. The maximum absolute atomic E-state index is 13.2. The second kappa shape index (κ2) is 9.96. The number of amides is 1. The molecule has 5 aliphatic rings. The van der Waals surface area contributed by atoms with Crippen molar-refractivity contribution < 1.29 is 14.7 Å². The van der Waals surface area contributed by atoms with Crippen LogP contribution in [0.4, 0.5) is 0 Å². The van der Waals surface area contributed by atoms with E-state index in [1.807, 2.05) is 29.8 Å². The number of carbonyl (C=O) groups excluding carboxylic acids is 1. The average molecular weight is 511 g/mol. The van der Waals surface area contributed by atoms with Gasteiger partial charge in [0.15, 0.2) is 0 Å². The SMILES string of the molecule is Cc1c2ccc3c1nnn3CCCCCc1cnc(nc1)C(=O)N1CCc3ccc(cc3C1)C2CC(=O)O. The molecule has 0 saturated carbocycles. The van der Waals surface area contributed by atoms with Crippen molar-refractivity contribution in [1.29, 1.82) is 0 Å². The number of hydrogen-bond donors (Lipinski definition) is 1. The van der Waals surface area contributed by atoms with Gasteiger partial charge in [0, 0.05) is 37.9 Å². The number of carboxylic acid groups (broad SMARTS) is 1. The molecule has 4 aromatic rings. The number of aromatic nitrogens is 5. The zero-order valence-corrected chi connectivity index (χ0v) is 21.4. The van der Waals surface area contributed by atoms with Crippen molar-refractivity contribution in [2.75, 3.05) is 6.54 Å². The van der Waals surface area contributed by atoms with Gasteiger partial charge in [-0.2, -0.15) is 0 Å². The van der Waals surface area contributed by atoms with Crippen molar-refractivity contribution in [1.82, 2.24) is 29.9 Å². The highest BCUT2D eigenvalue weighted by atomic mass is 16.4. The van der Waals surface area contributed by atoms with Crippen molar-refractivity contribution in [2.45, 2.75) is 64.5 Å². The monoisotopic (exact) mass is 510 g/mol. The minimum Gasteiger partial charge on any atom is -0.481 e. The molecule has 9 rings (SSSR count). The molecular weight excluding hydrogens is 480 g/mol. The molecule has 0 spiro atoms. The zero-order chi connectivity index (χ0) is 26.2. The number of aryl methyl sites for hydroxylation is 3. The van der Waals surface area contributed by atoms with E-state index in [0.717, 1.165) is 77.5 Å². The fourth-order valence-corrected chi connectivity index (χ4v) is 5.78. The van der Waals surface area contributed by atoms with E-state index >= 15 is 0 Å². The lowest BCUT2D eigenvalue weighted by molar-refractivity contribution is -0.137. The lowest BCUT2D eigenvalue weighted by Gasteiger charge is -2.29. The van der Waals surface area contributed by atoms with E-state index in [1.165, 1.54) is 5.56 Å². The van der Waals surface area contributed by atoms with Gasteiger partial charge in [-0.1, -0.05) is 35.9 Å². The summed E-state index contributed by atoms with van der Waals surface area (Å²) in [5.41, 5.74) is 7.84. The fraction of sp³-hybridized carbons (Fsp3) is 0.379. The van der Waals surface area contributed by atoms with Gasteiger partial charge >= 0.3 is 5.97 Å². The Morgan fingerprint density at radius 1 is 1.03 bits per heavy atom. The van der Waals surface area contributed by atoms with Crippen LogP contribution in [0, 0.1) is 6.92 Å². The van der Waals surface area contributed by atoms with Crippen molar-refractivity contribution in [3.63, 3.8) is 0 Å². The molecule has 1 atom stereocenters. The quantitative estimate of drug-likeness (QED) is 0.432. The molecule has 2 aromatic carbocycles. The summed E-state index contributed by atoms with van der Waals surface area (Å²) >= 11 is 0. The van der Waals surface area contributed by atoms with Gasteiger partial charge in [0.2, 0.25) is 5.82 Å². The summed E-state index contributed by atoms with van der Waals surface area (Å²) in [4.78, 5) is 35.8. The van der Waals surface area contributed by atoms with Crippen LogP contribution >= 0.6 is 0 Å². The average Bonchev–Trinajstić information content (AvgIpc) is 3.34. The summed E-state index contributed by atoms with van der Waals surface area (Å²) in [6, 6.07) is 10.2. The molecule has 0 aliphatic carbocycles. The zero-order valence-electron chi connectivity index (χ0n) is 21.4. The van der Waals surface area contributed by atoms with Crippen LogP contribution in [0.15, 0.2) is 42.7 Å². The van der Waals surface area contributed by atoms with Gasteiger partial charge in [-0.15, -0.1) is 5.10 Å². The standard InChI is InChI=1S/C29H30N6O3/c1-18-23-8-9-25-27(18)32-33-35(25)11-4-2-3-5-19-15-30-28(31-16-19)29(38)34-12-10-20-6-7-21(13-22(20)17-34)24(23)14-26(36)37/h6-9,13,15-16,24H,2-5,10-12,14,17H2,1H3,(H,36,37). The molecule has 1 amide bonds. The summed E-state index contributed by atoms with van der Waals surface area (Å²) in [6.45, 7) is 3.81. The molecule has 7 heterocycles. The first-order chi connectivity index (χ1) is 18.5. The van der Waals surface area contributed by atoms with Crippen LogP contribution in [0.3, 0.4) is 0 Å². The maximum Gasteiger partial charge on any atom is 0.304 e. The van der Waals surface area contributed by atoms with Gasteiger partial charge in [-0.25, -0.2) is 14.6 Å². The molecule has 2 aromatic heterocycles. The summed E-state index contributed by atoms with van der Waals surface area (Å²) in [6.07, 6.45) is 8.06. The Labute approximate surface area is 220 Å². The van der Waals surface area contributed by atoms with E-state index < -0.39 is 5.97 Å². The van der Waals surface area contributed by atoms with Crippen molar-refractivity contribution in [3.05, 3.63) is 81.9 Å². The molecule has 9 nitrogen and oxygen atoms in total. The number of aliphatic carboxylic acids is 1. The highest BCUT2D eigenvalue weighted by Crippen LogP contribution is 2.35. The number of nitrogens with zero attached hydrogens (tertiary/aromatic N) is 6. The van der Waals surface area contributed by atoms with Crippen LogP contribution < -0.4 is 0 Å². The molecule has 38 heavy (non-hydrogen) atoms. The number of carboxylic acids is 1. The molecule has 0 radical (unpaired) electrons. The van der Waals surface area contributed by atoms with E-state index in [9.17, 15) is 14.7 Å². The van der Waals surface area contributed by atoms with Crippen LogP contribution in [0.5, 0.6) is 0 Å². The molecule has 1 unspecified atom stereocenters. The van der Waals surface area contributed by atoms with Crippen LogP contribution in [-0.2, 0) is 30.7 Å². The minimum atomic E-state index is -0.862. The molecule has 1 N–H and O–H groups in total. The largest absolute Gasteiger partial charge is 0.481 e. The highest BCUT2D eigenvalue weighted by molar-refractivity contribution is 5.90. The third-order valence-corrected chi connectivity index (χ3v) is 7.90. The Bertz CT molecular complexity index is 1530. The van der Waals surface area contributed by atoms with Crippen LogP contribution in [0.1, 0.15) is 75.6 Å². The van der Waals surface area contributed by atoms with Crippen LogP contribution in [0.2, 0.25) is 0 Å². The van der Waals surface area contributed by atoms with Gasteiger partial charge in [-0.3, -0.25) is 9.59 Å². The summed E-state index contributed by atoms with van der Waals surface area (Å²) in [5.74, 6) is -1.17. The van der Waals surface area contributed by atoms with Crippen LogP contribution in [0.25, 0.3) is 11.0 Å². The normalized spacial score (nSPS) is 17.9. The van der Waals surface area contributed by atoms with E-state index in [1.54, 1.807) is 17.3 Å². The van der Waals surface area contributed by atoms with Gasteiger partial charge in [0.05, 0.1) is 11.9 Å². The number of hydrogen-bond acceptors (Lipinski definition) is 6. The minimum absolute atomic E-state index is 0.0396. The smallest absolute Gasteiger partial charge is 0.304 e. The van der Waals surface area contributed by atoms with Gasteiger partial charge in [0.1, 0.15) is 5.52 Å². The third-order valence-electron chi connectivity index (χ3n) is 7.90. The second-order valence-corrected chi connectivity index (χ2v) is 10.3. The summed E-state index contributed by atoms with van der Waals surface area (Å²) < 4.78 is 1.94. The summed E-state index contributed by atoms with van der Waals surface area (Å²) in [7, 11) is 0. The molecular formula is C29H30N6O3. The van der Waals surface area contributed by atoms with Crippen LogP contribution in [-0.4, -0.2) is 53.4 Å². The van der Waals surface area contributed by atoms with Crippen molar-refractivity contribution in [3.8, 4) is 0 Å². The Balaban J connectivity index is 1.44.